The van der Waals surface area contributed by atoms with E-state index in [1.54, 1.807) is 36.9 Å². The second kappa shape index (κ2) is 4.48. The summed E-state index contributed by atoms with van der Waals surface area (Å²) in [5.74, 6) is -0.480. The molecule has 2 aromatic heterocycles. The average Bonchev–Trinajstić information content (AvgIpc) is 2.31. The van der Waals surface area contributed by atoms with Gasteiger partial charge in [0.15, 0.2) is 0 Å². The molecule has 0 fully saturated rings. The minimum Gasteiger partial charge on any atom is -0.366 e. The molecule has 80 valence electrons. The molecule has 2 heterocycles. The summed E-state index contributed by atoms with van der Waals surface area (Å²) in [6.07, 6.45) is 6.91. The highest BCUT2D eigenvalue weighted by atomic mass is 16.1. The van der Waals surface area contributed by atoms with Crippen molar-refractivity contribution in [2.45, 2.75) is 6.42 Å². The molecule has 5 heteroatoms. The first-order chi connectivity index (χ1) is 7.77. The van der Waals surface area contributed by atoms with Crippen molar-refractivity contribution in [1.82, 2.24) is 15.0 Å². The maximum absolute atomic E-state index is 11.2. The molecule has 2 rings (SSSR count). The molecule has 1 amide bonds. The van der Waals surface area contributed by atoms with E-state index in [1.807, 2.05) is 0 Å². The summed E-state index contributed by atoms with van der Waals surface area (Å²) in [6, 6.07) is 3.33. The number of rotatable bonds is 3. The lowest BCUT2D eigenvalue weighted by atomic mass is 10.1. The van der Waals surface area contributed by atoms with E-state index in [0.717, 1.165) is 5.69 Å². The number of carbonyl (C=O) groups excluding carboxylic acids is 1. The van der Waals surface area contributed by atoms with Gasteiger partial charge in [-0.25, -0.2) is 0 Å². The highest BCUT2D eigenvalue weighted by Gasteiger charge is 2.09. The predicted octanol–water partition coefficient (Wildman–Crippen LogP) is 0.561. The summed E-state index contributed by atoms with van der Waals surface area (Å²) in [7, 11) is 0. The van der Waals surface area contributed by atoms with Gasteiger partial charge in [-0.3, -0.25) is 19.7 Å². The first-order valence-corrected chi connectivity index (χ1v) is 4.76. The summed E-state index contributed by atoms with van der Waals surface area (Å²) >= 11 is 0. The van der Waals surface area contributed by atoms with Crippen LogP contribution in [0.2, 0.25) is 0 Å². The van der Waals surface area contributed by atoms with Crippen molar-refractivity contribution in [2.24, 2.45) is 5.73 Å². The number of hydrogen-bond acceptors (Lipinski definition) is 4. The smallest absolute Gasteiger partial charge is 0.250 e. The molecule has 16 heavy (non-hydrogen) atoms. The molecule has 0 saturated heterocycles. The Labute approximate surface area is 92.4 Å². The van der Waals surface area contributed by atoms with Gasteiger partial charge in [-0.05, 0) is 12.1 Å². The van der Waals surface area contributed by atoms with Gasteiger partial charge in [0, 0.05) is 31.2 Å². The lowest BCUT2D eigenvalue weighted by molar-refractivity contribution is 0.0999. The van der Waals surface area contributed by atoms with E-state index < -0.39 is 5.91 Å². The lowest BCUT2D eigenvalue weighted by Gasteiger charge is -2.03. The third-order valence-electron chi connectivity index (χ3n) is 2.12. The van der Waals surface area contributed by atoms with Crippen molar-refractivity contribution in [3.8, 4) is 0 Å². The Hall–Kier alpha value is -2.30. The topological polar surface area (TPSA) is 81.8 Å². The van der Waals surface area contributed by atoms with E-state index in [4.69, 9.17) is 5.73 Å². The number of nitrogens with two attached hydrogens (primary N) is 1. The van der Waals surface area contributed by atoms with Gasteiger partial charge in [0.25, 0.3) is 5.91 Å². The molecule has 0 aromatic carbocycles. The normalized spacial score (nSPS) is 10.0. The predicted molar refractivity (Wildman–Crippen MR) is 57.6 cm³/mol. The van der Waals surface area contributed by atoms with E-state index in [1.165, 1.54) is 0 Å². The van der Waals surface area contributed by atoms with Crippen molar-refractivity contribution < 1.29 is 4.79 Å². The molecule has 0 aliphatic rings. The highest BCUT2D eigenvalue weighted by molar-refractivity contribution is 5.93. The molecule has 0 aliphatic carbocycles. The maximum Gasteiger partial charge on any atom is 0.250 e. The number of amides is 1. The van der Waals surface area contributed by atoms with Gasteiger partial charge in [0.05, 0.1) is 17.0 Å². The molecule has 2 aromatic rings. The van der Waals surface area contributed by atoms with Gasteiger partial charge in [0.2, 0.25) is 0 Å². The van der Waals surface area contributed by atoms with Crippen LogP contribution in [-0.4, -0.2) is 20.9 Å². The molecule has 0 atom stereocenters. The molecule has 0 radical (unpaired) electrons. The van der Waals surface area contributed by atoms with Crippen LogP contribution in [0.15, 0.2) is 36.9 Å². The zero-order valence-corrected chi connectivity index (χ0v) is 8.50. The van der Waals surface area contributed by atoms with Crippen molar-refractivity contribution >= 4 is 5.91 Å². The van der Waals surface area contributed by atoms with E-state index in [9.17, 15) is 4.79 Å². The Morgan fingerprint density at radius 3 is 2.81 bits per heavy atom. The first kappa shape index (κ1) is 10.2. The van der Waals surface area contributed by atoms with Gasteiger partial charge in [-0.2, -0.15) is 0 Å². The van der Waals surface area contributed by atoms with Crippen molar-refractivity contribution in [2.75, 3.05) is 0 Å². The Morgan fingerprint density at radius 1 is 1.25 bits per heavy atom. The van der Waals surface area contributed by atoms with Crippen LogP contribution in [0.1, 0.15) is 21.7 Å². The molecule has 2 N–H and O–H groups in total. The molecule has 0 unspecified atom stereocenters. The van der Waals surface area contributed by atoms with Gasteiger partial charge < -0.3 is 5.73 Å². The van der Waals surface area contributed by atoms with Crippen molar-refractivity contribution in [3.05, 3.63) is 53.9 Å². The number of primary amides is 1. The minimum atomic E-state index is -0.480. The van der Waals surface area contributed by atoms with Gasteiger partial charge in [-0.15, -0.1) is 0 Å². The Bertz CT molecular complexity index is 498. The van der Waals surface area contributed by atoms with Crippen LogP contribution in [0.4, 0.5) is 0 Å². The lowest BCUT2D eigenvalue weighted by Crippen LogP contribution is -2.15. The fourth-order valence-corrected chi connectivity index (χ4v) is 1.40. The van der Waals surface area contributed by atoms with Crippen LogP contribution in [0.25, 0.3) is 0 Å². The fraction of sp³-hybridized carbons (Fsp3) is 0.0909. The number of pyridine rings is 1. The van der Waals surface area contributed by atoms with Crippen molar-refractivity contribution in [3.63, 3.8) is 0 Å². The van der Waals surface area contributed by atoms with Gasteiger partial charge in [-0.1, -0.05) is 0 Å². The number of nitrogens with zero attached hydrogens (tertiary/aromatic N) is 3. The zero-order valence-electron chi connectivity index (χ0n) is 8.50. The number of hydrogen-bond donors (Lipinski definition) is 1. The Morgan fingerprint density at radius 2 is 2.12 bits per heavy atom. The van der Waals surface area contributed by atoms with E-state index in [0.29, 0.717) is 17.7 Å². The van der Waals surface area contributed by atoms with Crippen LogP contribution < -0.4 is 5.73 Å². The summed E-state index contributed by atoms with van der Waals surface area (Å²) in [5, 5.41) is 0. The molecule has 0 saturated carbocycles. The second-order valence-corrected chi connectivity index (χ2v) is 3.24. The van der Waals surface area contributed by atoms with Crippen LogP contribution in [0.5, 0.6) is 0 Å². The molecule has 0 bridgehead atoms. The SMILES string of the molecule is NC(=O)c1cccnc1Cc1cnccn1. The monoisotopic (exact) mass is 214 g/mol. The van der Waals surface area contributed by atoms with E-state index in [2.05, 4.69) is 15.0 Å². The Kier molecular flexibility index (Phi) is 2.86. The third-order valence-corrected chi connectivity index (χ3v) is 2.12. The van der Waals surface area contributed by atoms with Gasteiger partial charge >= 0.3 is 0 Å². The zero-order chi connectivity index (χ0) is 11.4. The number of aromatic nitrogens is 3. The molecular weight excluding hydrogens is 204 g/mol. The fourth-order valence-electron chi connectivity index (χ4n) is 1.40. The van der Waals surface area contributed by atoms with E-state index in [-0.39, 0.29) is 0 Å². The summed E-state index contributed by atoms with van der Waals surface area (Å²) < 4.78 is 0. The van der Waals surface area contributed by atoms with Crippen LogP contribution >= 0.6 is 0 Å². The summed E-state index contributed by atoms with van der Waals surface area (Å²) in [5.41, 5.74) is 7.05. The standard InChI is InChI=1S/C11H10N4O/c12-11(16)9-2-1-3-15-10(9)6-8-7-13-4-5-14-8/h1-5,7H,6H2,(H2,12,16). The van der Waals surface area contributed by atoms with E-state index >= 15 is 0 Å². The first-order valence-electron chi connectivity index (χ1n) is 4.76. The second-order valence-electron chi connectivity index (χ2n) is 3.24. The van der Waals surface area contributed by atoms with Crippen LogP contribution in [-0.2, 0) is 6.42 Å². The summed E-state index contributed by atoms with van der Waals surface area (Å²) in [4.78, 5) is 23.4. The Balaban J connectivity index is 2.31. The summed E-state index contributed by atoms with van der Waals surface area (Å²) in [6.45, 7) is 0. The highest BCUT2D eigenvalue weighted by Crippen LogP contribution is 2.08. The molecule has 0 aliphatic heterocycles. The third kappa shape index (κ3) is 2.20. The maximum atomic E-state index is 11.2. The minimum absolute atomic E-state index is 0.424. The largest absolute Gasteiger partial charge is 0.366 e. The average molecular weight is 214 g/mol. The van der Waals surface area contributed by atoms with Crippen LogP contribution in [0.3, 0.4) is 0 Å². The molecule has 0 spiro atoms. The molecular formula is C11H10N4O. The quantitative estimate of drug-likeness (QED) is 0.809. The van der Waals surface area contributed by atoms with Crippen LogP contribution in [0, 0.1) is 0 Å². The number of carbonyl (C=O) groups is 1. The van der Waals surface area contributed by atoms with Gasteiger partial charge in [0.1, 0.15) is 0 Å². The van der Waals surface area contributed by atoms with Crippen molar-refractivity contribution in [1.29, 1.82) is 0 Å². The molecule has 5 nitrogen and oxygen atoms in total.